The number of nitrogens with zero attached hydrogens (tertiary/aromatic N) is 2. The van der Waals surface area contributed by atoms with Gasteiger partial charge in [0.2, 0.25) is 5.91 Å². The predicted molar refractivity (Wildman–Crippen MR) is 156 cm³/mol. The van der Waals surface area contributed by atoms with E-state index in [9.17, 15) is 24.3 Å². The second-order valence-electron chi connectivity index (χ2n) is 10.8. The standard InChI is InChI=1S/C31H34N4O6/c1-20(36)32-25-6-5-7-26(19-25)33-28(38)24-16-23(17-27(37)18-24)21-8-10-22(11-9-21)29(39)34-12-14-35(15-13-34)30(40)41-31(2,3)4/h5-11,16-19,37H,12-15H2,1-4H3,(H,32,36)(H,33,38). The van der Waals surface area contributed by atoms with Crippen molar-refractivity contribution in [2.24, 2.45) is 0 Å². The van der Waals surface area contributed by atoms with Crippen molar-refractivity contribution < 1.29 is 29.0 Å². The summed E-state index contributed by atoms with van der Waals surface area (Å²) < 4.78 is 5.42. The second-order valence-corrected chi connectivity index (χ2v) is 10.8. The van der Waals surface area contributed by atoms with E-state index >= 15 is 0 Å². The quantitative estimate of drug-likeness (QED) is 0.406. The van der Waals surface area contributed by atoms with Crippen LogP contribution in [0.3, 0.4) is 0 Å². The third-order valence-corrected chi connectivity index (χ3v) is 6.30. The summed E-state index contributed by atoms with van der Waals surface area (Å²) in [7, 11) is 0. The van der Waals surface area contributed by atoms with E-state index in [-0.39, 0.29) is 29.2 Å². The summed E-state index contributed by atoms with van der Waals surface area (Å²) >= 11 is 0. The largest absolute Gasteiger partial charge is 0.508 e. The number of carbonyl (C=O) groups excluding carboxylic acids is 4. The minimum Gasteiger partial charge on any atom is -0.508 e. The molecule has 0 radical (unpaired) electrons. The first-order valence-electron chi connectivity index (χ1n) is 13.3. The number of amides is 4. The molecule has 4 amide bonds. The maximum atomic E-state index is 13.1. The number of nitrogens with one attached hydrogen (secondary N) is 2. The second kappa shape index (κ2) is 12.1. The van der Waals surface area contributed by atoms with Crippen molar-refractivity contribution in [3.05, 3.63) is 77.9 Å². The van der Waals surface area contributed by atoms with Gasteiger partial charge in [-0.3, -0.25) is 14.4 Å². The fraction of sp³-hybridized carbons (Fsp3) is 0.290. The van der Waals surface area contributed by atoms with E-state index in [0.29, 0.717) is 54.2 Å². The van der Waals surface area contributed by atoms with Gasteiger partial charge in [-0.05, 0) is 80.4 Å². The molecular weight excluding hydrogens is 524 g/mol. The van der Waals surface area contributed by atoms with Crippen LogP contribution in [0.1, 0.15) is 48.4 Å². The number of phenols is 1. The number of rotatable bonds is 5. The van der Waals surface area contributed by atoms with Gasteiger partial charge in [0.25, 0.3) is 11.8 Å². The Hall–Kier alpha value is -4.86. The molecule has 1 saturated heterocycles. The van der Waals surface area contributed by atoms with Crippen LogP contribution in [0.25, 0.3) is 11.1 Å². The highest BCUT2D eigenvalue weighted by Gasteiger charge is 2.28. The minimum atomic E-state index is -0.577. The smallest absolute Gasteiger partial charge is 0.410 e. The van der Waals surface area contributed by atoms with Gasteiger partial charge in [-0.1, -0.05) is 18.2 Å². The summed E-state index contributed by atoms with van der Waals surface area (Å²) in [6.07, 6.45) is -0.383. The monoisotopic (exact) mass is 558 g/mol. The van der Waals surface area contributed by atoms with Crippen molar-refractivity contribution in [3.63, 3.8) is 0 Å². The van der Waals surface area contributed by atoms with E-state index in [1.54, 1.807) is 70.5 Å². The molecule has 0 unspecified atom stereocenters. The molecule has 1 heterocycles. The molecule has 3 aromatic carbocycles. The number of piperazine rings is 1. The summed E-state index contributed by atoms with van der Waals surface area (Å²) in [6, 6.07) is 18.2. The van der Waals surface area contributed by atoms with E-state index in [1.165, 1.54) is 13.0 Å². The van der Waals surface area contributed by atoms with Gasteiger partial charge in [0, 0.05) is 55.6 Å². The summed E-state index contributed by atoms with van der Waals surface area (Å²) in [6.45, 7) is 8.44. The van der Waals surface area contributed by atoms with Crippen molar-refractivity contribution >= 4 is 35.2 Å². The molecule has 0 spiro atoms. The molecule has 10 nitrogen and oxygen atoms in total. The highest BCUT2D eigenvalue weighted by Crippen LogP contribution is 2.27. The number of benzene rings is 3. The molecule has 1 aliphatic rings. The molecule has 1 fully saturated rings. The number of ether oxygens (including phenoxy) is 1. The van der Waals surface area contributed by atoms with Gasteiger partial charge in [0.1, 0.15) is 11.4 Å². The summed E-state index contributed by atoms with van der Waals surface area (Å²) in [5.74, 6) is -0.875. The van der Waals surface area contributed by atoms with E-state index in [4.69, 9.17) is 4.74 Å². The zero-order valence-electron chi connectivity index (χ0n) is 23.6. The Kier molecular flexibility index (Phi) is 8.61. The molecule has 0 aliphatic carbocycles. The van der Waals surface area contributed by atoms with Crippen molar-refractivity contribution in [2.75, 3.05) is 36.8 Å². The number of phenolic OH excluding ortho intramolecular Hbond substituents is 1. The Morgan fingerprint density at radius 2 is 1.37 bits per heavy atom. The van der Waals surface area contributed by atoms with Gasteiger partial charge in [0.05, 0.1) is 0 Å². The Balaban J connectivity index is 1.41. The number of anilines is 2. The van der Waals surface area contributed by atoms with E-state index < -0.39 is 11.5 Å². The van der Waals surface area contributed by atoms with Crippen LogP contribution in [-0.2, 0) is 9.53 Å². The normalized spacial score (nSPS) is 13.4. The molecule has 3 N–H and O–H groups in total. The first kappa shape index (κ1) is 29.1. The van der Waals surface area contributed by atoms with Crippen molar-refractivity contribution in [1.29, 1.82) is 0 Å². The van der Waals surface area contributed by atoms with Crippen LogP contribution in [0.2, 0.25) is 0 Å². The average molecular weight is 559 g/mol. The lowest BCUT2D eigenvalue weighted by Gasteiger charge is -2.35. The van der Waals surface area contributed by atoms with Gasteiger partial charge in [-0.25, -0.2) is 4.79 Å². The van der Waals surface area contributed by atoms with Gasteiger partial charge >= 0.3 is 6.09 Å². The van der Waals surface area contributed by atoms with E-state index in [1.807, 2.05) is 20.8 Å². The average Bonchev–Trinajstić information content (AvgIpc) is 2.91. The van der Waals surface area contributed by atoms with E-state index in [2.05, 4.69) is 10.6 Å². The lowest BCUT2D eigenvalue weighted by molar-refractivity contribution is -0.114. The SMILES string of the molecule is CC(=O)Nc1cccc(NC(=O)c2cc(O)cc(-c3ccc(C(=O)N4CCN(C(=O)OC(C)(C)C)CC4)cc3)c2)c1. The van der Waals surface area contributed by atoms with Crippen LogP contribution in [0, 0.1) is 0 Å². The zero-order chi connectivity index (χ0) is 29.7. The first-order valence-corrected chi connectivity index (χ1v) is 13.3. The number of carbonyl (C=O) groups is 4. The first-order chi connectivity index (χ1) is 19.4. The van der Waals surface area contributed by atoms with Crippen LogP contribution in [-0.4, -0.2) is 70.5 Å². The fourth-order valence-corrected chi connectivity index (χ4v) is 4.40. The van der Waals surface area contributed by atoms with Gasteiger partial charge in [-0.2, -0.15) is 0 Å². The van der Waals surface area contributed by atoms with Crippen molar-refractivity contribution in [3.8, 4) is 16.9 Å². The molecule has 4 rings (SSSR count). The fourth-order valence-electron chi connectivity index (χ4n) is 4.40. The lowest BCUT2D eigenvalue weighted by atomic mass is 10.0. The maximum absolute atomic E-state index is 13.1. The van der Waals surface area contributed by atoms with Crippen LogP contribution in [0.15, 0.2) is 66.7 Å². The molecule has 0 aromatic heterocycles. The van der Waals surface area contributed by atoms with Crippen LogP contribution >= 0.6 is 0 Å². The topological polar surface area (TPSA) is 128 Å². The van der Waals surface area contributed by atoms with E-state index in [0.717, 1.165) is 0 Å². The minimum absolute atomic E-state index is 0.0809. The summed E-state index contributed by atoms with van der Waals surface area (Å²) in [5.41, 5.74) is 2.52. The Morgan fingerprint density at radius 3 is 1.98 bits per heavy atom. The van der Waals surface area contributed by atoms with Gasteiger partial charge in [-0.15, -0.1) is 0 Å². The van der Waals surface area contributed by atoms with Gasteiger partial charge in [0.15, 0.2) is 0 Å². The van der Waals surface area contributed by atoms with Gasteiger partial charge < -0.3 is 30.3 Å². The van der Waals surface area contributed by atoms with Crippen LogP contribution in [0.5, 0.6) is 5.75 Å². The Morgan fingerprint density at radius 1 is 0.756 bits per heavy atom. The molecular formula is C31H34N4O6. The van der Waals surface area contributed by atoms with Crippen LogP contribution < -0.4 is 10.6 Å². The molecule has 214 valence electrons. The highest BCUT2D eigenvalue weighted by molar-refractivity contribution is 6.05. The number of aromatic hydroxyl groups is 1. The zero-order valence-corrected chi connectivity index (χ0v) is 23.6. The molecule has 10 heteroatoms. The molecule has 0 saturated carbocycles. The third-order valence-electron chi connectivity index (χ3n) is 6.30. The van der Waals surface area contributed by atoms with Crippen LogP contribution in [0.4, 0.5) is 16.2 Å². The maximum Gasteiger partial charge on any atom is 0.410 e. The van der Waals surface area contributed by atoms with Crippen molar-refractivity contribution in [2.45, 2.75) is 33.3 Å². The number of hydrogen-bond acceptors (Lipinski definition) is 6. The molecule has 1 aliphatic heterocycles. The molecule has 41 heavy (non-hydrogen) atoms. The lowest BCUT2D eigenvalue weighted by Crippen LogP contribution is -2.51. The number of hydrogen-bond donors (Lipinski definition) is 3. The third kappa shape index (κ3) is 7.84. The molecule has 0 atom stereocenters. The summed E-state index contributed by atoms with van der Waals surface area (Å²) in [5, 5.41) is 15.8. The molecule has 0 bridgehead atoms. The summed E-state index contributed by atoms with van der Waals surface area (Å²) in [4.78, 5) is 53.0. The Labute approximate surface area is 238 Å². The Bertz CT molecular complexity index is 1450. The van der Waals surface area contributed by atoms with Crippen molar-refractivity contribution in [1.82, 2.24) is 9.80 Å². The molecule has 3 aromatic rings. The predicted octanol–water partition coefficient (Wildman–Crippen LogP) is 4.96. The highest BCUT2D eigenvalue weighted by atomic mass is 16.6.